The van der Waals surface area contributed by atoms with Gasteiger partial charge in [-0.1, -0.05) is 6.07 Å². The molecule has 1 aromatic heterocycles. The van der Waals surface area contributed by atoms with E-state index in [1.807, 2.05) is 0 Å². The standard InChI is InChI=1S/C9H13N3O2/c1-9(11,5-7(13)14)6-3-2-4-12-8(6)10/h2-4H,5,11H2,1H3,(H2,10,12)(H,13,14)/t9-/m0/s1. The van der Waals surface area contributed by atoms with Crippen molar-refractivity contribution in [3.63, 3.8) is 0 Å². The monoisotopic (exact) mass is 195 g/mol. The number of nitrogen functional groups attached to an aromatic ring is 1. The number of carboxylic acids is 1. The van der Waals surface area contributed by atoms with E-state index in [0.717, 1.165) is 0 Å². The first-order chi connectivity index (χ1) is 6.43. The number of rotatable bonds is 3. The zero-order valence-electron chi connectivity index (χ0n) is 7.90. The lowest BCUT2D eigenvalue weighted by Gasteiger charge is -2.23. The van der Waals surface area contributed by atoms with E-state index < -0.39 is 11.5 Å². The van der Waals surface area contributed by atoms with Crippen LogP contribution >= 0.6 is 0 Å². The topological polar surface area (TPSA) is 102 Å². The second-order valence-electron chi connectivity index (χ2n) is 3.42. The van der Waals surface area contributed by atoms with Crippen molar-refractivity contribution in [1.29, 1.82) is 0 Å². The number of hydrogen-bond acceptors (Lipinski definition) is 4. The first-order valence-corrected chi connectivity index (χ1v) is 4.15. The minimum atomic E-state index is -0.982. The van der Waals surface area contributed by atoms with E-state index in [0.29, 0.717) is 5.56 Å². The van der Waals surface area contributed by atoms with E-state index >= 15 is 0 Å². The third-order valence-electron chi connectivity index (χ3n) is 1.97. The van der Waals surface area contributed by atoms with Gasteiger partial charge in [0, 0.05) is 11.8 Å². The molecule has 0 unspecified atom stereocenters. The molecule has 5 nitrogen and oxygen atoms in total. The summed E-state index contributed by atoms with van der Waals surface area (Å²) in [6.45, 7) is 1.62. The Morgan fingerprint density at radius 3 is 2.86 bits per heavy atom. The normalized spacial score (nSPS) is 14.7. The molecule has 5 heteroatoms. The maximum atomic E-state index is 10.6. The number of hydrogen-bond donors (Lipinski definition) is 3. The fourth-order valence-electron chi connectivity index (χ4n) is 1.31. The van der Waals surface area contributed by atoms with Crippen molar-refractivity contribution in [3.05, 3.63) is 23.9 Å². The molecule has 0 aliphatic carbocycles. The molecule has 0 saturated heterocycles. The molecule has 5 N–H and O–H groups in total. The van der Waals surface area contributed by atoms with Gasteiger partial charge in [-0.3, -0.25) is 4.79 Å². The Morgan fingerprint density at radius 2 is 2.36 bits per heavy atom. The first-order valence-electron chi connectivity index (χ1n) is 4.15. The van der Waals surface area contributed by atoms with E-state index in [1.54, 1.807) is 19.1 Å². The van der Waals surface area contributed by atoms with Crippen molar-refractivity contribution in [1.82, 2.24) is 4.98 Å². The molecule has 0 fully saturated rings. The van der Waals surface area contributed by atoms with E-state index in [9.17, 15) is 4.79 Å². The third kappa shape index (κ3) is 2.20. The summed E-state index contributed by atoms with van der Waals surface area (Å²) >= 11 is 0. The summed E-state index contributed by atoms with van der Waals surface area (Å²) in [7, 11) is 0. The number of pyridine rings is 1. The van der Waals surface area contributed by atoms with Crippen LogP contribution in [-0.4, -0.2) is 16.1 Å². The molecule has 1 rings (SSSR count). The highest BCUT2D eigenvalue weighted by molar-refractivity contribution is 5.69. The van der Waals surface area contributed by atoms with Crippen molar-refractivity contribution in [2.24, 2.45) is 5.73 Å². The number of carbonyl (C=O) groups is 1. The number of carboxylic acid groups (broad SMARTS) is 1. The molecule has 0 aliphatic heterocycles. The molecule has 1 heterocycles. The number of anilines is 1. The van der Waals surface area contributed by atoms with Crippen molar-refractivity contribution >= 4 is 11.8 Å². The maximum absolute atomic E-state index is 10.6. The predicted molar refractivity (Wildman–Crippen MR) is 52.4 cm³/mol. The minimum absolute atomic E-state index is 0.178. The fraction of sp³-hybridized carbons (Fsp3) is 0.333. The molecule has 0 aromatic carbocycles. The van der Waals surface area contributed by atoms with Crippen LogP contribution in [0.15, 0.2) is 18.3 Å². The van der Waals surface area contributed by atoms with Crippen molar-refractivity contribution in [2.45, 2.75) is 18.9 Å². The van der Waals surface area contributed by atoms with Crippen LogP contribution in [-0.2, 0) is 10.3 Å². The predicted octanol–water partition coefficient (Wildman–Crippen LogP) is 0.312. The molecule has 0 amide bonds. The van der Waals surface area contributed by atoms with Gasteiger partial charge in [-0.15, -0.1) is 0 Å². The lowest BCUT2D eigenvalue weighted by Crippen LogP contribution is -2.36. The number of aliphatic carboxylic acids is 1. The molecule has 0 saturated carbocycles. The number of nitrogens with two attached hydrogens (primary N) is 2. The van der Waals surface area contributed by atoms with Gasteiger partial charge in [-0.25, -0.2) is 4.98 Å². The van der Waals surface area contributed by atoms with Crippen LogP contribution in [0.3, 0.4) is 0 Å². The molecular formula is C9H13N3O2. The van der Waals surface area contributed by atoms with E-state index in [1.165, 1.54) is 6.20 Å². The average molecular weight is 195 g/mol. The summed E-state index contributed by atoms with van der Waals surface area (Å²) in [5, 5.41) is 8.66. The Labute approximate surface area is 81.7 Å². The highest BCUT2D eigenvalue weighted by atomic mass is 16.4. The number of nitrogens with zero attached hydrogens (tertiary/aromatic N) is 1. The van der Waals surface area contributed by atoms with Gasteiger partial charge in [0.25, 0.3) is 0 Å². The smallest absolute Gasteiger partial charge is 0.305 e. The van der Waals surface area contributed by atoms with Gasteiger partial charge in [0.15, 0.2) is 0 Å². The van der Waals surface area contributed by atoms with Crippen LogP contribution in [0.5, 0.6) is 0 Å². The molecule has 0 bridgehead atoms. The Morgan fingerprint density at radius 1 is 1.71 bits per heavy atom. The maximum Gasteiger partial charge on any atom is 0.305 e. The first kappa shape index (κ1) is 10.5. The van der Waals surface area contributed by atoms with Crippen LogP contribution in [0.1, 0.15) is 18.9 Å². The number of aromatic nitrogens is 1. The Kier molecular flexibility index (Phi) is 2.71. The average Bonchev–Trinajstić information content (AvgIpc) is 2.02. The third-order valence-corrected chi connectivity index (χ3v) is 1.97. The fourth-order valence-corrected chi connectivity index (χ4v) is 1.31. The molecule has 0 spiro atoms. The van der Waals surface area contributed by atoms with Gasteiger partial charge < -0.3 is 16.6 Å². The summed E-state index contributed by atoms with van der Waals surface area (Å²) in [6.07, 6.45) is 1.36. The van der Waals surface area contributed by atoms with Crippen molar-refractivity contribution < 1.29 is 9.90 Å². The lowest BCUT2D eigenvalue weighted by molar-refractivity contribution is -0.138. The van der Waals surface area contributed by atoms with Gasteiger partial charge in [0.05, 0.1) is 12.0 Å². The molecule has 0 aliphatic rings. The summed E-state index contributed by atoms with van der Waals surface area (Å²) < 4.78 is 0. The summed E-state index contributed by atoms with van der Waals surface area (Å²) in [5.41, 5.74) is 11.0. The van der Waals surface area contributed by atoms with Crippen LogP contribution < -0.4 is 11.5 Å². The zero-order chi connectivity index (χ0) is 10.8. The van der Waals surface area contributed by atoms with Gasteiger partial charge >= 0.3 is 5.97 Å². The van der Waals surface area contributed by atoms with E-state index in [4.69, 9.17) is 16.6 Å². The van der Waals surface area contributed by atoms with Crippen molar-refractivity contribution in [2.75, 3.05) is 5.73 Å². The van der Waals surface area contributed by atoms with Crippen LogP contribution in [0.25, 0.3) is 0 Å². The van der Waals surface area contributed by atoms with Crippen molar-refractivity contribution in [3.8, 4) is 0 Å². The second kappa shape index (κ2) is 3.63. The van der Waals surface area contributed by atoms with Gasteiger partial charge in [-0.05, 0) is 13.0 Å². The molecule has 14 heavy (non-hydrogen) atoms. The quantitative estimate of drug-likeness (QED) is 0.644. The largest absolute Gasteiger partial charge is 0.481 e. The lowest BCUT2D eigenvalue weighted by atomic mass is 9.90. The Bertz CT molecular complexity index is 350. The Hall–Kier alpha value is -1.62. The van der Waals surface area contributed by atoms with Crippen LogP contribution in [0, 0.1) is 0 Å². The van der Waals surface area contributed by atoms with Gasteiger partial charge in [-0.2, -0.15) is 0 Å². The SMILES string of the molecule is C[C@](N)(CC(=O)O)c1cccnc1N. The van der Waals surface area contributed by atoms with Crippen LogP contribution in [0.4, 0.5) is 5.82 Å². The van der Waals surface area contributed by atoms with Gasteiger partial charge in [0.1, 0.15) is 5.82 Å². The molecule has 0 radical (unpaired) electrons. The van der Waals surface area contributed by atoms with E-state index in [-0.39, 0.29) is 12.2 Å². The summed E-state index contributed by atoms with van der Waals surface area (Å²) in [5.74, 6) is -0.683. The Balaban J connectivity index is 3.03. The summed E-state index contributed by atoms with van der Waals surface area (Å²) in [4.78, 5) is 14.4. The molecule has 76 valence electrons. The second-order valence-corrected chi connectivity index (χ2v) is 3.42. The molecule has 1 atom stereocenters. The van der Waals surface area contributed by atoms with Crippen LogP contribution in [0.2, 0.25) is 0 Å². The summed E-state index contributed by atoms with van der Waals surface area (Å²) in [6, 6.07) is 3.37. The zero-order valence-corrected chi connectivity index (χ0v) is 7.90. The molecule has 1 aromatic rings. The highest BCUT2D eigenvalue weighted by Crippen LogP contribution is 2.24. The van der Waals surface area contributed by atoms with Gasteiger partial charge in [0.2, 0.25) is 0 Å². The highest BCUT2D eigenvalue weighted by Gasteiger charge is 2.26. The minimum Gasteiger partial charge on any atom is -0.481 e. The van der Waals surface area contributed by atoms with E-state index in [2.05, 4.69) is 4.98 Å². The molecular weight excluding hydrogens is 182 g/mol.